The number of carboxylic acid groups (broad SMARTS) is 1. The van der Waals surface area contributed by atoms with Crippen LogP contribution in [0.4, 0.5) is 0 Å². The number of aliphatic carboxylic acids is 1. The van der Waals surface area contributed by atoms with Crippen LogP contribution in [-0.4, -0.2) is 29.1 Å². The number of unbranched alkanes of at least 4 members (excludes halogenated alkanes) is 1. The van der Waals surface area contributed by atoms with E-state index in [1.165, 1.54) is 4.70 Å². The molecule has 2 N–H and O–H groups in total. The van der Waals surface area contributed by atoms with Crippen molar-refractivity contribution in [2.75, 3.05) is 7.11 Å². The molecule has 1 heterocycles. The van der Waals surface area contributed by atoms with Crippen LogP contribution in [0.5, 0.6) is 5.75 Å². The lowest BCUT2D eigenvalue weighted by molar-refractivity contribution is -0.142. The van der Waals surface area contributed by atoms with Crippen LogP contribution in [-0.2, 0) is 16.0 Å². The van der Waals surface area contributed by atoms with Gasteiger partial charge in [-0.3, -0.25) is 4.79 Å². The Labute approximate surface area is 167 Å². The van der Waals surface area contributed by atoms with Gasteiger partial charge in [0.15, 0.2) is 6.04 Å². The van der Waals surface area contributed by atoms with E-state index < -0.39 is 12.0 Å². The molecule has 3 rings (SSSR count). The Morgan fingerprint density at radius 2 is 1.89 bits per heavy atom. The van der Waals surface area contributed by atoms with E-state index in [1.54, 1.807) is 42.7 Å². The molecular formula is C21H22N2O4S. The summed E-state index contributed by atoms with van der Waals surface area (Å²) in [5.41, 5.74) is 1.51. The van der Waals surface area contributed by atoms with Crippen LogP contribution >= 0.6 is 11.3 Å². The van der Waals surface area contributed by atoms with E-state index in [9.17, 15) is 14.7 Å². The Bertz CT molecular complexity index is 919. The summed E-state index contributed by atoms with van der Waals surface area (Å²) in [5.74, 6) is -0.727. The SMILES string of the molecule is COc1ccc(C(NC(=O)CCCCc2nc3ccccc3s2)C(=O)O)cc1. The smallest absolute Gasteiger partial charge is 0.330 e. The van der Waals surface area contributed by atoms with Crippen molar-refractivity contribution < 1.29 is 19.4 Å². The van der Waals surface area contributed by atoms with Crippen LogP contribution in [0.2, 0.25) is 0 Å². The Hall–Kier alpha value is -2.93. The molecule has 1 aromatic heterocycles. The second-order valence-electron chi connectivity index (χ2n) is 6.39. The maximum atomic E-state index is 12.2. The summed E-state index contributed by atoms with van der Waals surface area (Å²) < 4.78 is 6.24. The van der Waals surface area contributed by atoms with Crippen molar-refractivity contribution in [1.82, 2.24) is 10.3 Å². The molecule has 146 valence electrons. The number of hydrogen-bond donors (Lipinski definition) is 2. The molecule has 0 bridgehead atoms. The summed E-state index contributed by atoms with van der Waals surface area (Å²) in [5, 5.41) is 13.1. The van der Waals surface area contributed by atoms with Gasteiger partial charge >= 0.3 is 5.97 Å². The minimum Gasteiger partial charge on any atom is -0.497 e. The first kappa shape index (κ1) is 19.8. The summed E-state index contributed by atoms with van der Waals surface area (Å²) >= 11 is 1.67. The van der Waals surface area contributed by atoms with Gasteiger partial charge in [0.05, 0.1) is 22.3 Å². The molecule has 0 radical (unpaired) electrons. The van der Waals surface area contributed by atoms with Gasteiger partial charge in [0, 0.05) is 6.42 Å². The van der Waals surface area contributed by atoms with Crippen LogP contribution in [0.25, 0.3) is 10.2 Å². The zero-order chi connectivity index (χ0) is 19.9. The van der Waals surface area contributed by atoms with E-state index in [0.29, 0.717) is 17.7 Å². The summed E-state index contributed by atoms with van der Waals surface area (Å²) in [4.78, 5) is 28.3. The molecule has 6 nitrogen and oxygen atoms in total. The number of thiazole rings is 1. The Balaban J connectivity index is 1.48. The molecule has 0 saturated carbocycles. The van der Waals surface area contributed by atoms with Gasteiger partial charge in [-0.05, 0) is 49.1 Å². The number of carbonyl (C=O) groups excluding carboxylic acids is 1. The summed E-state index contributed by atoms with van der Waals surface area (Å²) in [7, 11) is 1.54. The normalized spacial score (nSPS) is 11.9. The largest absolute Gasteiger partial charge is 0.497 e. The molecule has 7 heteroatoms. The van der Waals surface area contributed by atoms with Gasteiger partial charge in [0.25, 0.3) is 0 Å². The van der Waals surface area contributed by atoms with Gasteiger partial charge in [-0.25, -0.2) is 9.78 Å². The predicted octanol–water partition coefficient (Wildman–Crippen LogP) is 3.96. The third-order valence-electron chi connectivity index (χ3n) is 4.38. The topological polar surface area (TPSA) is 88.5 Å². The highest BCUT2D eigenvalue weighted by molar-refractivity contribution is 7.18. The van der Waals surface area contributed by atoms with Crippen molar-refractivity contribution in [1.29, 1.82) is 0 Å². The molecule has 3 aromatic rings. The van der Waals surface area contributed by atoms with Crippen molar-refractivity contribution in [3.63, 3.8) is 0 Å². The number of methoxy groups -OCH3 is 1. The molecular weight excluding hydrogens is 376 g/mol. The number of aromatic nitrogens is 1. The van der Waals surface area contributed by atoms with Crippen molar-refractivity contribution in [2.24, 2.45) is 0 Å². The number of hydrogen-bond acceptors (Lipinski definition) is 5. The molecule has 1 atom stereocenters. The first-order valence-electron chi connectivity index (χ1n) is 9.07. The van der Waals surface area contributed by atoms with Crippen LogP contribution < -0.4 is 10.1 Å². The number of amides is 1. The number of carboxylic acids is 1. The summed E-state index contributed by atoms with van der Waals surface area (Å²) in [6, 6.07) is 13.6. The van der Waals surface area contributed by atoms with E-state index in [-0.39, 0.29) is 12.3 Å². The van der Waals surface area contributed by atoms with Crippen molar-refractivity contribution in [3.05, 3.63) is 59.1 Å². The first-order valence-corrected chi connectivity index (χ1v) is 9.89. The van der Waals surface area contributed by atoms with Crippen molar-refractivity contribution in [2.45, 2.75) is 31.7 Å². The highest BCUT2D eigenvalue weighted by atomic mass is 32.1. The summed E-state index contributed by atoms with van der Waals surface area (Å²) in [6.45, 7) is 0. The lowest BCUT2D eigenvalue weighted by atomic mass is 10.1. The molecule has 0 spiro atoms. The van der Waals surface area contributed by atoms with Crippen molar-refractivity contribution >= 4 is 33.4 Å². The van der Waals surface area contributed by atoms with Gasteiger partial charge in [-0.1, -0.05) is 24.3 Å². The molecule has 0 aliphatic rings. The van der Waals surface area contributed by atoms with E-state index in [1.807, 2.05) is 18.2 Å². The van der Waals surface area contributed by atoms with Crippen LogP contribution in [0.15, 0.2) is 48.5 Å². The molecule has 2 aromatic carbocycles. The average molecular weight is 398 g/mol. The highest BCUT2D eigenvalue weighted by Gasteiger charge is 2.21. The van der Waals surface area contributed by atoms with E-state index in [2.05, 4.69) is 16.4 Å². The summed E-state index contributed by atoms with van der Waals surface area (Å²) in [6.07, 6.45) is 2.60. The molecule has 1 unspecified atom stereocenters. The van der Waals surface area contributed by atoms with Gasteiger partial charge < -0.3 is 15.2 Å². The molecule has 1 amide bonds. The van der Waals surface area contributed by atoms with Crippen LogP contribution in [0.3, 0.4) is 0 Å². The fourth-order valence-electron chi connectivity index (χ4n) is 2.91. The molecule has 28 heavy (non-hydrogen) atoms. The van der Waals surface area contributed by atoms with Crippen molar-refractivity contribution in [3.8, 4) is 5.75 Å². The van der Waals surface area contributed by atoms with Gasteiger partial charge in [0.2, 0.25) is 5.91 Å². The Kier molecular flexibility index (Phi) is 6.60. The van der Waals surface area contributed by atoms with E-state index in [0.717, 1.165) is 23.4 Å². The fourth-order valence-corrected chi connectivity index (χ4v) is 3.91. The number of fused-ring (bicyclic) bond motifs is 1. The third kappa shape index (κ3) is 5.07. The number of ether oxygens (including phenoxy) is 1. The number of para-hydroxylation sites is 1. The second kappa shape index (κ2) is 9.32. The molecule has 0 saturated heterocycles. The van der Waals surface area contributed by atoms with Gasteiger partial charge in [-0.15, -0.1) is 11.3 Å². The van der Waals surface area contributed by atoms with Gasteiger partial charge in [0.1, 0.15) is 5.75 Å². The highest BCUT2D eigenvalue weighted by Crippen LogP contribution is 2.23. The standard InChI is InChI=1S/C21H22N2O4S/c1-27-15-12-10-14(11-13-15)20(21(25)26)23-18(24)8-4-5-9-19-22-16-6-2-3-7-17(16)28-19/h2-3,6-7,10-13,20H,4-5,8-9H2,1H3,(H,23,24)(H,25,26). The van der Waals surface area contributed by atoms with Crippen LogP contribution in [0, 0.1) is 0 Å². The Morgan fingerprint density at radius 1 is 1.14 bits per heavy atom. The average Bonchev–Trinajstić information content (AvgIpc) is 3.12. The van der Waals surface area contributed by atoms with E-state index >= 15 is 0 Å². The molecule has 0 aliphatic heterocycles. The van der Waals surface area contributed by atoms with Gasteiger partial charge in [-0.2, -0.15) is 0 Å². The number of nitrogens with zero attached hydrogens (tertiary/aromatic N) is 1. The monoisotopic (exact) mass is 398 g/mol. The molecule has 0 aliphatic carbocycles. The number of aryl methyl sites for hydroxylation is 1. The lowest BCUT2D eigenvalue weighted by Gasteiger charge is -2.15. The minimum atomic E-state index is -1.09. The number of nitrogens with one attached hydrogen (secondary N) is 1. The number of benzene rings is 2. The lowest BCUT2D eigenvalue weighted by Crippen LogP contribution is -2.33. The minimum absolute atomic E-state index is 0.271. The van der Waals surface area contributed by atoms with Crippen LogP contribution in [0.1, 0.15) is 35.9 Å². The first-order chi connectivity index (χ1) is 13.6. The zero-order valence-corrected chi connectivity index (χ0v) is 16.4. The second-order valence-corrected chi connectivity index (χ2v) is 7.51. The maximum Gasteiger partial charge on any atom is 0.330 e. The maximum absolute atomic E-state index is 12.2. The predicted molar refractivity (Wildman–Crippen MR) is 109 cm³/mol. The quantitative estimate of drug-likeness (QED) is 0.533. The van der Waals surface area contributed by atoms with E-state index in [4.69, 9.17) is 4.74 Å². The fraction of sp³-hybridized carbons (Fsp3) is 0.286. The molecule has 0 fully saturated rings. The Morgan fingerprint density at radius 3 is 2.57 bits per heavy atom. The zero-order valence-electron chi connectivity index (χ0n) is 15.6. The number of carbonyl (C=O) groups is 2. The third-order valence-corrected chi connectivity index (χ3v) is 5.48. The number of rotatable bonds is 9.